The van der Waals surface area contributed by atoms with Crippen molar-refractivity contribution in [2.75, 3.05) is 19.5 Å². The molecule has 0 spiro atoms. The summed E-state index contributed by atoms with van der Waals surface area (Å²) in [6, 6.07) is 15.2. The van der Waals surface area contributed by atoms with Gasteiger partial charge in [0, 0.05) is 5.56 Å². The van der Waals surface area contributed by atoms with E-state index in [1.165, 1.54) is 22.6 Å². The number of benzene rings is 2. The Hall–Kier alpha value is -3.47. The van der Waals surface area contributed by atoms with Crippen molar-refractivity contribution in [1.82, 2.24) is 14.5 Å². The number of anilines is 1. The van der Waals surface area contributed by atoms with Crippen molar-refractivity contribution in [3.05, 3.63) is 70.8 Å². The number of aromatic nitrogens is 4. The van der Waals surface area contributed by atoms with E-state index >= 15 is 0 Å². The lowest BCUT2D eigenvalue weighted by atomic mass is 10.0. The van der Waals surface area contributed by atoms with E-state index in [1.807, 2.05) is 48.5 Å². The Morgan fingerprint density at radius 3 is 2.49 bits per heavy atom. The summed E-state index contributed by atoms with van der Waals surface area (Å²) >= 11 is 0. The highest BCUT2D eigenvalue weighted by molar-refractivity contribution is 7.60. The quantitative estimate of drug-likeness (QED) is 0.0901. The van der Waals surface area contributed by atoms with Crippen LogP contribution in [0.15, 0.2) is 59.7 Å². The van der Waals surface area contributed by atoms with Gasteiger partial charge in [-0.1, -0.05) is 47.4 Å². The number of fused-ring (bicyclic) bond motifs is 1. The molecular formula is C24H28N5O12P2+. The summed E-state index contributed by atoms with van der Waals surface area (Å²) in [5.74, 6) is 0.294. The van der Waals surface area contributed by atoms with Gasteiger partial charge in [-0.2, -0.15) is 4.31 Å². The van der Waals surface area contributed by atoms with Crippen molar-refractivity contribution in [1.29, 1.82) is 0 Å². The van der Waals surface area contributed by atoms with E-state index < -0.39 is 52.4 Å². The Morgan fingerprint density at radius 1 is 1.09 bits per heavy atom. The average molecular weight is 640 g/mol. The number of nitrogens with two attached hydrogens (primary N) is 1. The molecule has 5 rings (SSSR count). The van der Waals surface area contributed by atoms with Gasteiger partial charge in [0.2, 0.25) is 11.7 Å². The summed E-state index contributed by atoms with van der Waals surface area (Å²) in [6.45, 7) is -0.801. The Kier molecular flexibility index (Phi) is 8.57. The fraction of sp³-hybridized carbons (Fsp3) is 0.292. The highest BCUT2D eigenvalue weighted by atomic mass is 31.3. The molecule has 19 heteroatoms. The molecule has 230 valence electrons. The smallest absolute Gasteiger partial charge is 0.481 e. The number of rotatable bonds is 10. The second-order valence-corrected chi connectivity index (χ2v) is 12.4. The highest BCUT2D eigenvalue weighted by Gasteiger charge is 2.48. The summed E-state index contributed by atoms with van der Waals surface area (Å²) in [4.78, 5) is 46.7. The number of imidazole rings is 1. The number of aromatic amines is 1. The van der Waals surface area contributed by atoms with Crippen molar-refractivity contribution in [3.63, 3.8) is 0 Å². The number of phosphoric ester groups is 1. The molecule has 3 heterocycles. The van der Waals surface area contributed by atoms with Crippen LogP contribution in [0.1, 0.15) is 11.8 Å². The molecule has 17 nitrogen and oxygen atoms in total. The molecule has 2 aromatic heterocycles. The Balaban J connectivity index is 1.47. The second kappa shape index (κ2) is 11.9. The van der Waals surface area contributed by atoms with Gasteiger partial charge in [-0.3, -0.25) is 18.9 Å². The molecule has 0 saturated carbocycles. The molecule has 0 radical (unpaired) electrons. The topological polar surface area (TPSA) is 253 Å². The minimum atomic E-state index is -5.38. The van der Waals surface area contributed by atoms with E-state index in [2.05, 4.69) is 18.8 Å². The van der Waals surface area contributed by atoms with E-state index in [0.29, 0.717) is 11.3 Å². The first-order chi connectivity index (χ1) is 20.3. The summed E-state index contributed by atoms with van der Waals surface area (Å²) in [5.41, 5.74) is 7.78. The van der Waals surface area contributed by atoms with Gasteiger partial charge in [-0.25, -0.2) is 13.7 Å². The van der Waals surface area contributed by atoms with E-state index in [0.717, 1.165) is 11.1 Å². The van der Waals surface area contributed by atoms with Crippen molar-refractivity contribution < 1.29 is 56.9 Å². The van der Waals surface area contributed by atoms with Crippen LogP contribution in [0, 0.1) is 0 Å². The molecule has 43 heavy (non-hydrogen) atoms. The number of nitrogens with one attached hydrogen (secondary N) is 1. The first-order valence-electron chi connectivity index (χ1n) is 12.5. The van der Waals surface area contributed by atoms with Crippen LogP contribution in [0.25, 0.3) is 22.3 Å². The molecule has 4 aromatic rings. The number of nitrogen functional groups attached to an aromatic ring is 1. The molecule has 2 aromatic carbocycles. The zero-order valence-corrected chi connectivity index (χ0v) is 24.1. The summed E-state index contributed by atoms with van der Waals surface area (Å²) in [6.07, 6.45) is -4.81. The summed E-state index contributed by atoms with van der Waals surface area (Å²) in [5, 5.41) is 21.4. The SMILES string of the molecule is COc1cc(-c2ccccc2)ccc1Cn1c[n+]([C@@H]2O[C@H](COP(=O)(O)OP(=O)(O)O)[C@@H](O)[C@H]2O)c2nc(N)[nH]c(=O)c21. The summed E-state index contributed by atoms with van der Waals surface area (Å²) in [7, 11) is -9.13. The maximum Gasteiger partial charge on any atom is 0.481 e. The van der Waals surface area contributed by atoms with E-state index in [1.54, 1.807) is 0 Å². The van der Waals surface area contributed by atoms with Crippen molar-refractivity contribution in [2.24, 2.45) is 0 Å². The Morgan fingerprint density at radius 2 is 1.81 bits per heavy atom. The lowest BCUT2D eigenvalue weighted by molar-refractivity contribution is -0.745. The molecular weight excluding hydrogens is 612 g/mol. The zero-order valence-electron chi connectivity index (χ0n) is 22.3. The van der Waals surface area contributed by atoms with Crippen molar-refractivity contribution in [3.8, 4) is 16.9 Å². The van der Waals surface area contributed by atoms with Crippen LogP contribution in [-0.4, -0.2) is 71.5 Å². The molecule has 8 N–H and O–H groups in total. The van der Waals surface area contributed by atoms with Crippen LogP contribution in [0.5, 0.6) is 5.75 Å². The number of nitrogens with zero attached hydrogens (tertiary/aromatic N) is 3. The summed E-state index contributed by atoms with van der Waals surface area (Å²) < 4.78 is 45.1. The van der Waals surface area contributed by atoms with E-state index in [9.17, 15) is 29.0 Å². The number of hydrogen-bond donors (Lipinski definition) is 7. The first kappa shape index (κ1) is 31.0. The predicted molar refractivity (Wildman–Crippen MR) is 147 cm³/mol. The number of aliphatic hydroxyl groups is 2. The van der Waals surface area contributed by atoms with Crippen LogP contribution in [-0.2, 0) is 29.2 Å². The van der Waals surface area contributed by atoms with Gasteiger partial charge in [-0.15, -0.1) is 0 Å². The van der Waals surface area contributed by atoms with Crippen molar-refractivity contribution in [2.45, 2.75) is 31.1 Å². The number of methoxy groups -OCH3 is 1. The van der Waals surface area contributed by atoms with Gasteiger partial charge in [-0.05, 0) is 17.2 Å². The van der Waals surface area contributed by atoms with Gasteiger partial charge in [0.05, 0.1) is 20.3 Å². The monoisotopic (exact) mass is 640 g/mol. The van der Waals surface area contributed by atoms with Crippen LogP contribution in [0.4, 0.5) is 5.95 Å². The molecule has 5 atom stereocenters. The van der Waals surface area contributed by atoms with E-state index in [-0.39, 0.29) is 23.7 Å². The lowest BCUT2D eigenvalue weighted by Gasteiger charge is -2.17. The van der Waals surface area contributed by atoms with Crippen molar-refractivity contribution >= 4 is 32.8 Å². The van der Waals surface area contributed by atoms with Gasteiger partial charge in [0.25, 0.3) is 11.5 Å². The molecule has 1 unspecified atom stereocenters. The van der Waals surface area contributed by atoms with Crippen LogP contribution < -0.4 is 20.6 Å². The second-order valence-electron chi connectivity index (χ2n) is 9.55. The first-order valence-corrected chi connectivity index (χ1v) is 15.6. The number of ether oxygens (including phenoxy) is 2. The maximum absolute atomic E-state index is 13.0. The number of aliphatic hydroxyl groups excluding tert-OH is 2. The minimum Gasteiger partial charge on any atom is -0.496 e. The van der Waals surface area contributed by atoms with Gasteiger partial charge in [0.15, 0.2) is 6.33 Å². The standard InChI is InChI=1S/C24H27N5O12P2/c1-38-16-9-14(13-5-3-2-4-6-13)7-8-15(16)10-28-12-29(21-18(28)22(32)27-24(25)26-21)23-20(31)19(30)17(40-23)11-39-43(36,37)41-42(33,34)35/h2-9,12,17,19-20,23,30-31H,10-11H2,1H3,(H5-,25,26,27,32,33,34,35,36,37)/p+1/t17-,19-,20-,23-/m1/s1. The number of hydrogen-bond acceptors (Lipinski definition) is 11. The predicted octanol–water partition coefficient (Wildman–Crippen LogP) is 0.164. The molecule has 1 saturated heterocycles. The molecule has 1 fully saturated rings. The van der Waals surface area contributed by atoms with E-state index in [4.69, 9.17) is 25.0 Å². The molecule has 0 bridgehead atoms. The Labute approximate surface area is 242 Å². The van der Waals surface area contributed by atoms with Crippen LogP contribution >= 0.6 is 15.6 Å². The van der Waals surface area contributed by atoms with Crippen LogP contribution in [0.2, 0.25) is 0 Å². The third kappa shape index (κ3) is 6.71. The van der Waals surface area contributed by atoms with Crippen LogP contribution in [0.3, 0.4) is 0 Å². The van der Waals surface area contributed by atoms with Gasteiger partial charge in [0.1, 0.15) is 24.1 Å². The molecule has 1 aliphatic heterocycles. The molecule has 0 aliphatic carbocycles. The largest absolute Gasteiger partial charge is 0.496 e. The normalized spacial score (nSPS) is 22.1. The fourth-order valence-corrected chi connectivity index (χ4v) is 6.37. The Bertz CT molecular complexity index is 1790. The molecule has 1 aliphatic rings. The minimum absolute atomic E-state index is 0.0170. The van der Waals surface area contributed by atoms with Gasteiger partial charge >= 0.3 is 21.3 Å². The zero-order chi connectivity index (χ0) is 31.1. The molecule has 0 amide bonds. The highest BCUT2D eigenvalue weighted by Crippen LogP contribution is 2.57. The number of phosphoric acid groups is 2. The average Bonchev–Trinajstić information content (AvgIpc) is 3.43. The van der Waals surface area contributed by atoms with Gasteiger partial charge < -0.3 is 40.1 Å². The lowest BCUT2D eigenvalue weighted by Crippen LogP contribution is -2.46. The number of H-pyrrole nitrogens is 1. The maximum atomic E-state index is 13.0. The fourth-order valence-electron chi connectivity index (χ4n) is 4.77. The third-order valence-corrected chi connectivity index (χ3v) is 8.80. The third-order valence-electron chi connectivity index (χ3n) is 6.65.